The molecular weight excluding hydrogens is 292 g/mol. The third kappa shape index (κ3) is 2.96. The Labute approximate surface area is 128 Å². The minimum atomic E-state index is 0.513. The minimum absolute atomic E-state index is 0.513. The summed E-state index contributed by atoms with van der Waals surface area (Å²) >= 11 is 5.90. The number of hydrogen-bond donors (Lipinski definition) is 0. The lowest BCUT2D eigenvalue weighted by molar-refractivity contribution is 0.183. The predicted molar refractivity (Wildman–Crippen MR) is 79.8 cm³/mol. The Morgan fingerprint density at radius 2 is 2.38 bits per heavy atom. The van der Waals surface area contributed by atoms with Crippen LogP contribution in [0.2, 0.25) is 0 Å². The van der Waals surface area contributed by atoms with Gasteiger partial charge in [-0.05, 0) is 18.8 Å². The number of nitrogens with zero attached hydrogens (tertiary/aromatic N) is 4. The maximum absolute atomic E-state index is 5.90. The van der Waals surface area contributed by atoms with E-state index in [0.29, 0.717) is 29.6 Å². The van der Waals surface area contributed by atoms with Gasteiger partial charge in [0.15, 0.2) is 11.2 Å². The molecule has 3 heterocycles. The van der Waals surface area contributed by atoms with Gasteiger partial charge in [0.05, 0.1) is 7.11 Å². The maximum Gasteiger partial charge on any atom is 0.245 e. The number of aromatic nitrogens is 4. The largest absolute Gasteiger partial charge is 0.479 e. The highest BCUT2D eigenvalue weighted by Crippen LogP contribution is 2.24. The van der Waals surface area contributed by atoms with Gasteiger partial charge in [-0.3, -0.25) is 0 Å². The highest BCUT2D eigenvalue weighted by molar-refractivity contribution is 6.17. The maximum atomic E-state index is 5.90. The molecule has 0 bridgehead atoms. The van der Waals surface area contributed by atoms with Gasteiger partial charge in [0.2, 0.25) is 5.88 Å². The van der Waals surface area contributed by atoms with E-state index in [-0.39, 0.29) is 0 Å². The fourth-order valence-electron chi connectivity index (χ4n) is 2.74. The lowest BCUT2D eigenvalue weighted by Gasteiger charge is -2.11. The van der Waals surface area contributed by atoms with Gasteiger partial charge in [-0.25, -0.2) is 9.97 Å². The van der Waals surface area contributed by atoms with Crippen LogP contribution in [0.3, 0.4) is 0 Å². The van der Waals surface area contributed by atoms with Gasteiger partial charge in [-0.2, -0.15) is 4.98 Å². The van der Waals surface area contributed by atoms with Crippen molar-refractivity contribution in [2.24, 2.45) is 5.92 Å². The number of imidazole rings is 1. The van der Waals surface area contributed by atoms with Crippen LogP contribution in [0.5, 0.6) is 5.88 Å². The van der Waals surface area contributed by atoms with Crippen molar-refractivity contribution < 1.29 is 9.47 Å². The molecule has 1 atom stereocenters. The third-order valence-electron chi connectivity index (χ3n) is 3.87. The zero-order chi connectivity index (χ0) is 14.7. The number of halogens is 1. The molecule has 2 aromatic rings. The van der Waals surface area contributed by atoms with Crippen molar-refractivity contribution in [3.05, 3.63) is 12.2 Å². The van der Waals surface area contributed by atoms with Crippen LogP contribution in [0.4, 0.5) is 0 Å². The molecule has 21 heavy (non-hydrogen) atoms. The topological polar surface area (TPSA) is 62.1 Å². The summed E-state index contributed by atoms with van der Waals surface area (Å²) < 4.78 is 12.8. The molecule has 1 fully saturated rings. The molecule has 6 nitrogen and oxygen atoms in total. The molecule has 1 saturated heterocycles. The van der Waals surface area contributed by atoms with Crippen molar-refractivity contribution >= 4 is 22.8 Å². The first-order valence-corrected chi connectivity index (χ1v) is 7.74. The number of aryl methyl sites for hydroxylation is 2. The van der Waals surface area contributed by atoms with E-state index in [1.807, 2.05) is 0 Å². The third-order valence-corrected chi connectivity index (χ3v) is 4.06. The Morgan fingerprint density at radius 1 is 1.48 bits per heavy atom. The Kier molecular flexibility index (Phi) is 4.55. The number of alkyl halides is 1. The van der Waals surface area contributed by atoms with Gasteiger partial charge < -0.3 is 14.0 Å². The van der Waals surface area contributed by atoms with E-state index in [0.717, 1.165) is 44.1 Å². The smallest absolute Gasteiger partial charge is 0.245 e. The number of hydrogen-bond acceptors (Lipinski definition) is 5. The highest BCUT2D eigenvalue weighted by Gasteiger charge is 2.19. The van der Waals surface area contributed by atoms with Gasteiger partial charge in [0, 0.05) is 32.1 Å². The predicted octanol–water partition coefficient (Wildman–Crippen LogP) is 2.04. The molecule has 1 unspecified atom stereocenters. The molecule has 0 saturated carbocycles. The van der Waals surface area contributed by atoms with E-state index in [1.165, 1.54) is 6.33 Å². The zero-order valence-corrected chi connectivity index (χ0v) is 12.8. The summed E-state index contributed by atoms with van der Waals surface area (Å²) in [6.07, 6.45) is 4.42. The fraction of sp³-hybridized carbons (Fsp3) is 0.643. The first kappa shape index (κ1) is 14.5. The Hall–Kier alpha value is -1.40. The van der Waals surface area contributed by atoms with Crippen LogP contribution in [0.1, 0.15) is 18.7 Å². The number of ether oxygens (including phenoxy) is 2. The lowest BCUT2D eigenvalue weighted by atomic mass is 10.1. The number of fused-ring (bicyclic) bond motifs is 1. The van der Waals surface area contributed by atoms with Gasteiger partial charge in [0.1, 0.15) is 12.2 Å². The molecule has 7 heteroatoms. The summed E-state index contributed by atoms with van der Waals surface area (Å²) in [5.74, 6) is 2.61. The zero-order valence-electron chi connectivity index (χ0n) is 12.1. The molecule has 114 valence electrons. The van der Waals surface area contributed by atoms with Gasteiger partial charge in [-0.1, -0.05) is 0 Å². The van der Waals surface area contributed by atoms with E-state index in [4.69, 9.17) is 21.1 Å². The molecule has 0 radical (unpaired) electrons. The van der Waals surface area contributed by atoms with Crippen molar-refractivity contribution in [2.75, 3.05) is 26.2 Å². The second-order valence-corrected chi connectivity index (χ2v) is 5.57. The first-order chi connectivity index (χ1) is 10.3. The molecule has 0 N–H and O–H groups in total. The average molecular weight is 311 g/mol. The minimum Gasteiger partial charge on any atom is -0.479 e. The van der Waals surface area contributed by atoms with Crippen LogP contribution in [0.15, 0.2) is 6.33 Å². The van der Waals surface area contributed by atoms with Crippen LogP contribution in [0.25, 0.3) is 11.2 Å². The molecule has 0 aromatic carbocycles. The van der Waals surface area contributed by atoms with Gasteiger partial charge >= 0.3 is 0 Å². The van der Waals surface area contributed by atoms with Crippen LogP contribution < -0.4 is 4.74 Å². The molecule has 0 amide bonds. The molecular formula is C14H19ClN4O2. The van der Waals surface area contributed by atoms with Crippen molar-refractivity contribution in [1.82, 2.24) is 19.5 Å². The molecule has 1 aliphatic rings. The van der Waals surface area contributed by atoms with Crippen LogP contribution >= 0.6 is 11.6 Å². The lowest BCUT2D eigenvalue weighted by Crippen LogP contribution is -2.10. The second-order valence-electron chi connectivity index (χ2n) is 5.19. The van der Waals surface area contributed by atoms with Crippen molar-refractivity contribution in [1.29, 1.82) is 0 Å². The van der Waals surface area contributed by atoms with Crippen LogP contribution in [-0.2, 0) is 17.7 Å². The monoisotopic (exact) mass is 310 g/mol. The number of rotatable bonds is 6. The van der Waals surface area contributed by atoms with E-state index in [2.05, 4.69) is 19.5 Å². The van der Waals surface area contributed by atoms with Gasteiger partial charge in [0.25, 0.3) is 0 Å². The van der Waals surface area contributed by atoms with E-state index in [1.54, 1.807) is 7.11 Å². The van der Waals surface area contributed by atoms with Crippen LogP contribution in [0, 0.1) is 5.92 Å². The first-order valence-electron chi connectivity index (χ1n) is 7.21. The van der Waals surface area contributed by atoms with Crippen molar-refractivity contribution in [3.8, 4) is 5.88 Å². The normalized spacial score (nSPS) is 18.5. The standard InChI is InChI=1S/C14H19ClN4O2/c1-20-14-12-13(16-9-17-14)19(11(18-12)2-5-15)6-3-10-4-7-21-8-10/h9-10H,2-8H2,1H3. The Bertz CT molecular complexity index is 610. The fourth-order valence-corrected chi connectivity index (χ4v) is 2.91. The summed E-state index contributed by atoms with van der Waals surface area (Å²) in [4.78, 5) is 13.1. The summed E-state index contributed by atoms with van der Waals surface area (Å²) in [5.41, 5.74) is 1.53. The Morgan fingerprint density at radius 3 is 3.10 bits per heavy atom. The summed E-state index contributed by atoms with van der Waals surface area (Å²) in [6, 6.07) is 0. The summed E-state index contributed by atoms with van der Waals surface area (Å²) in [7, 11) is 1.60. The molecule has 0 spiro atoms. The van der Waals surface area contributed by atoms with E-state index in [9.17, 15) is 0 Å². The van der Waals surface area contributed by atoms with Crippen LogP contribution in [-0.4, -0.2) is 45.7 Å². The van der Waals surface area contributed by atoms with E-state index < -0.39 is 0 Å². The number of methoxy groups -OCH3 is 1. The second kappa shape index (κ2) is 6.58. The Balaban J connectivity index is 1.91. The van der Waals surface area contributed by atoms with Crippen molar-refractivity contribution in [3.63, 3.8) is 0 Å². The average Bonchev–Trinajstić information content (AvgIpc) is 3.12. The van der Waals surface area contributed by atoms with Crippen molar-refractivity contribution in [2.45, 2.75) is 25.8 Å². The quantitative estimate of drug-likeness (QED) is 0.764. The SMILES string of the molecule is COc1ncnc2c1nc(CCCl)n2CCC1CCOC1. The summed E-state index contributed by atoms with van der Waals surface area (Å²) in [6.45, 7) is 2.60. The molecule has 3 rings (SSSR count). The van der Waals surface area contributed by atoms with Gasteiger partial charge in [-0.15, -0.1) is 11.6 Å². The molecule has 1 aliphatic heterocycles. The van der Waals surface area contributed by atoms with E-state index >= 15 is 0 Å². The summed E-state index contributed by atoms with van der Waals surface area (Å²) in [5, 5.41) is 0. The molecule has 2 aromatic heterocycles. The molecule has 0 aliphatic carbocycles. The highest BCUT2D eigenvalue weighted by atomic mass is 35.5.